The number of carbonyl (C=O) groups is 2. The van der Waals surface area contributed by atoms with Crippen LogP contribution in [0.2, 0.25) is 25.7 Å². The second-order valence-corrected chi connectivity index (χ2v) is 19.7. The molecule has 47 heavy (non-hydrogen) atoms. The molecule has 3 heterocycles. The number of benzene rings is 1. The van der Waals surface area contributed by atoms with E-state index in [9.17, 15) is 22.8 Å². The van der Waals surface area contributed by atoms with E-state index in [0.717, 1.165) is 17.8 Å². The fourth-order valence-electron chi connectivity index (χ4n) is 5.44. The van der Waals surface area contributed by atoms with Crippen molar-refractivity contribution < 1.29 is 37.0 Å². The van der Waals surface area contributed by atoms with Crippen molar-refractivity contribution in [2.75, 3.05) is 32.1 Å². The number of carbonyl (C=O) groups excluding carboxylic acids is 2. The third-order valence-electron chi connectivity index (χ3n) is 7.79. The SMILES string of the molecule is COC(=O)CCc1cccc2c(-c3nc(NC4CCCN(C(=O)OC(C)(C)C)C4)ncc3C(F)(F)F)cn(COCC[Si](C)(C)C)c12. The van der Waals surface area contributed by atoms with Crippen molar-refractivity contribution in [1.29, 1.82) is 0 Å². The fraction of sp³-hybridized carbons (Fsp3) is 0.576. The van der Waals surface area contributed by atoms with Crippen molar-refractivity contribution in [1.82, 2.24) is 19.4 Å². The molecule has 0 radical (unpaired) electrons. The normalized spacial score (nSPS) is 16.0. The summed E-state index contributed by atoms with van der Waals surface area (Å²) in [6.45, 7) is 13.6. The lowest BCUT2D eigenvalue weighted by Crippen LogP contribution is -2.47. The zero-order valence-corrected chi connectivity index (χ0v) is 29.3. The minimum atomic E-state index is -4.73. The van der Waals surface area contributed by atoms with Crippen molar-refractivity contribution in [3.63, 3.8) is 0 Å². The monoisotopic (exact) mass is 677 g/mol. The highest BCUT2D eigenvalue weighted by Crippen LogP contribution is 2.40. The van der Waals surface area contributed by atoms with Gasteiger partial charge in [0.25, 0.3) is 0 Å². The molecule has 2 aromatic heterocycles. The number of alkyl halides is 3. The molecule has 4 rings (SSSR count). The van der Waals surface area contributed by atoms with Crippen LogP contribution in [-0.4, -0.2) is 78.0 Å². The number of likely N-dealkylation sites (tertiary alicyclic amines) is 1. The summed E-state index contributed by atoms with van der Waals surface area (Å²) in [6.07, 6.45) is -0.927. The zero-order chi connectivity index (χ0) is 34.6. The number of rotatable bonds is 11. The number of methoxy groups -OCH3 is 1. The molecule has 14 heteroatoms. The van der Waals surface area contributed by atoms with E-state index < -0.39 is 31.5 Å². The number of aryl methyl sites for hydroxylation is 1. The standard InChI is InChI=1S/C33H46F3N5O5Si/c1-32(2,3)46-31(43)40-15-9-11-23(19-40)38-30-37-18-26(33(34,35)36)28(39-30)25-20-41(21-45-16-17-47(5,6)7)29-22(10-8-12-24(25)29)13-14-27(42)44-4/h8,10,12,18,20,23H,9,11,13-17,19,21H2,1-7H3,(H,37,38,39). The number of esters is 1. The molecule has 0 bridgehead atoms. The number of nitrogens with zero attached hydrogens (tertiary/aromatic N) is 4. The van der Waals surface area contributed by atoms with Crippen LogP contribution < -0.4 is 5.32 Å². The van der Waals surface area contributed by atoms with E-state index in [1.807, 2.05) is 6.07 Å². The summed E-state index contributed by atoms with van der Waals surface area (Å²) in [5.74, 6) is -0.358. The van der Waals surface area contributed by atoms with Gasteiger partial charge in [-0.05, 0) is 51.6 Å². The molecule has 0 aliphatic carbocycles. The lowest BCUT2D eigenvalue weighted by atomic mass is 10.0. The van der Waals surface area contributed by atoms with Gasteiger partial charge < -0.3 is 29.0 Å². The molecule has 1 unspecified atom stereocenters. The van der Waals surface area contributed by atoms with Gasteiger partial charge in [0.15, 0.2) is 0 Å². The van der Waals surface area contributed by atoms with Crippen LogP contribution in [0, 0.1) is 0 Å². The van der Waals surface area contributed by atoms with Crippen LogP contribution in [0.1, 0.15) is 51.2 Å². The summed E-state index contributed by atoms with van der Waals surface area (Å²) in [5, 5.41) is 3.71. The van der Waals surface area contributed by atoms with Gasteiger partial charge in [-0.3, -0.25) is 4.79 Å². The summed E-state index contributed by atoms with van der Waals surface area (Å²) < 4.78 is 61.5. The van der Waals surface area contributed by atoms with E-state index >= 15 is 0 Å². The molecule has 0 spiro atoms. The van der Waals surface area contributed by atoms with Crippen LogP contribution in [0.25, 0.3) is 22.2 Å². The molecule has 1 aliphatic rings. The Bertz CT molecular complexity index is 1560. The van der Waals surface area contributed by atoms with Gasteiger partial charge in [-0.1, -0.05) is 37.8 Å². The number of nitrogens with one attached hydrogen (secondary N) is 1. The number of amides is 1. The number of para-hydroxylation sites is 1. The van der Waals surface area contributed by atoms with Crippen LogP contribution in [0.4, 0.5) is 23.9 Å². The number of hydrogen-bond acceptors (Lipinski definition) is 8. The van der Waals surface area contributed by atoms with Gasteiger partial charge >= 0.3 is 18.2 Å². The molecule has 10 nitrogen and oxygen atoms in total. The van der Waals surface area contributed by atoms with Crippen LogP contribution in [0.15, 0.2) is 30.6 Å². The van der Waals surface area contributed by atoms with E-state index in [0.29, 0.717) is 49.9 Å². The molecule has 1 aliphatic heterocycles. The Morgan fingerprint density at radius 2 is 1.89 bits per heavy atom. The van der Waals surface area contributed by atoms with E-state index in [2.05, 4.69) is 34.9 Å². The molecular formula is C33H46F3N5O5Si. The number of halogens is 3. The lowest BCUT2D eigenvalue weighted by Gasteiger charge is -2.34. The third-order valence-corrected chi connectivity index (χ3v) is 9.49. The van der Waals surface area contributed by atoms with Crippen molar-refractivity contribution in [3.05, 3.63) is 41.7 Å². The summed E-state index contributed by atoms with van der Waals surface area (Å²) in [4.78, 5) is 34.7. The number of aromatic nitrogens is 3. The van der Waals surface area contributed by atoms with Crippen molar-refractivity contribution in [2.24, 2.45) is 0 Å². The Hall–Kier alpha value is -3.65. The van der Waals surface area contributed by atoms with Crippen molar-refractivity contribution >= 4 is 37.0 Å². The third kappa shape index (κ3) is 9.92. The molecule has 3 aromatic rings. The van der Waals surface area contributed by atoms with Crippen LogP contribution in [0.3, 0.4) is 0 Å². The van der Waals surface area contributed by atoms with Gasteiger partial charge in [0, 0.05) is 63.6 Å². The molecule has 1 amide bonds. The fourth-order valence-corrected chi connectivity index (χ4v) is 6.20. The van der Waals surface area contributed by atoms with Gasteiger partial charge in [0.1, 0.15) is 17.9 Å². The van der Waals surface area contributed by atoms with E-state index in [1.165, 1.54) is 7.11 Å². The highest BCUT2D eigenvalue weighted by Gasteiger charge is 2.37. The minimum absolute atomic E-state index is 0.0261. The Morgan fingerprint density at radius 1 is 1.15 bits per heavy atom. The molecule has 1 N–H and O–H groups in total. The molecule has 0 saturated carbocycles. The summed E-state index contributed by atoms with van der Waals surface area (Å²) >= 11 is 0. The van der Waals surface area contributed by atoms with Gasteiger partial charge in [-0.2, -0.15) is 13.2 Å². The Labute approximate surface area is 275 Å². The molecule has 258 valence electrons. The first-order valence-corrected chi connectivity index (χ1v) is 19.6. The van der Waals surface area contributed by atoms with E-state index in [1.54, 1.807) is 48.6 Å². The maximum absolute atomic E-state index is 14.5. The van der Waals surface area contributed by atoms with Gasteiger partial charge in [0.05, 0.1) is 18.3 Å². The number of hydrogen-bond donors (Lipinski definition) is 1. The van der Waals surface area contributed by atoms with Crippen molar-refractivity contribution in [2.45, 2.75) is 96.7 Å². The van der Waals surface area contributed by atoms with Crippen LogP contribution in [-0.2, 0) is 38.3 Å². The molecular weight excluding hydrogens is 631 g/mol. The van der Waals surface area contributed by atoms with Crippen LogP contribution >= 0.6 is 0 Å². The molecule has 1 atom stereocenters. The Morgan fingerprint density at radius 3 is 2.55 bits per heavy atom. The number of ether oxygens (including phenoxy) is 3. The number of piperidine rings is 1. The molecule has 1 aromatic carbocycles. The zero-order valence-electron chi connectivity index (χ0n) is 28.3. The average molecular weight is 678 g/mol. The number of fused-ring (bicyclic) bond motifs is 1. The smallest absolute Gasteiger partial charge is 0.419 e. The average Bonchev–Trinajstić information content (AvgIpc) is 3.35. The second kappa shape index (κ2) is 14.6. The highest BCUT2D eigenvalue weighted by molar-refractivity contribution is 6.76. The van der Waals surface area contributed by atoms with Crippen molar-refractivity contribution in [3.8, 4) is 11.3 Å². The van der Waals surface area contributed by atoms with Crippen LogP contribution in [0.5, 0.6) is 0 Å². The summed E-state index contributed by atoms with van der Waals surface area (Å²) in [7, 11) is -0.0579. The quantitative estimate of drug-likeness (QED) is 0.128. The topological polar surface area (TPSA) is 108 Å². The van der Waals surface area contributed by atoms with Gasteiger partial charge in [-0.25, -0.2) is 14.8 Å². The van der Waals surface area contributed by atoms with Gasteiger partial charge in [-0.15, -0.1) is 0 Å². The van der Waals surface area contributed by atoms with Gasteiger partial charge in [0.2, 0.25) is 5.95 Å². The van der Waals surface area contributed by atoms with E-state index in [-0.39, 0.29) is 42.4 Å². The largest absolute Gasteiger partial charge is 0.469 e. The maximum Gasteiger partial charge on any atom is 0.419 e. The Balaban J connectivity index is 1.72. The predicted octanol–water partition coefficient (Wildman–Crippen LogP) is 7.35. The second-order valence-electron chi connectivity index (χ2n) is 14.1. The number of anilines is 1. The first kappa shape index (κ1) is 36.2. The first-order valence-electron chi connectivity index (χ1n) is 15.9. The maximum atomic E-state index is 14.5. The minimum Gasteiger partial charge on any atom is -0.469 e. The first-order chi connectivity index (χ1) is 21.9. The lowest BCUT2D eigenvalue weighted by molar-refractivity contribution is -0.140. The Kier molecular flexibility index (Phi) is 11.3. The predicted molar refractivity (Wildman–Crippen MR) is 177 cm³/mol. The highest BCUT2D eigenvalue weighted by atomic mass is 28.3. The van der Waals surface area contributed by atoms with E-state index in [4.69, 9.17) is 14.2 Å². The summed E-state index contributed by atoms with van der Waals surface area (Å²) in [6, 6.07) is 6.01. The molecule has 1 saturated heterocycles. The summed E-state index contributed by atoms with van der Waals surface area (Å²) in [5.41, 5.74) is -0.183. The molecule has 1 fully saturated rings.